The van der Waals surface area contributed by atoms with E-state index < -0.39 is 12.4 Å². The van der Waals surface area contributed by atoms with Crippen LogP contribution < -0.4 is 14.2 Å². The molecule has 0 unspecified atom stereocenters. The zero-order valence-corrected chi connectivity index (χ0v) is 15.4. The summed E-state index contributed by atoms with van der Waals surface area (Å²) in [6.07, 6.45) is 3.36. The predicted molar refractivity (Wildman–Crippen MR) is 103 cm³/mol. The monoisotopic (exact) mass is 388 g/mol. The third kappa shape index (κ3) is 4.22. The average molecular weight is 388 g/mol. The number of alkyl halides is 2. The van der Waals surface area contributed by atoms with Crippen LogP contribution in [0, 0.1) is 5.82 Å². The van der Waals surface area contributed by atoms with E-state index in [4.69, 9.17) is 9.47 Å². The van der Waals surface area contributed by atoms with Gasteiger partial charge in [0, 0.05) is 5.39 Å². The summed E-state index contributed by atoms with van der Waals surface area (Å²) in [4.78, 5) is 0. The number of hydrogen-bond acceptors (Lipinski definition) is 3. The SMILES string of the molecule is CC=CCOc1c(OC(F)F)cc2cc(-c3ccc(OC)cc3)ccc2c1F. The van der Waals surface area contributed by atoms with Gasteiger partial charge in [-0.15, -0.1) is 0 Å². The first-order valence-electron chi connectivity index (χ1n) is 8.63. The Morgan fingerprint density at radius 2 is 1.71 bits per heavy atom. The summed E-state index contributed by atoms with van der Waals surface area (Å²) >= 11 is 0. The third-order valence-electron chi connectivity index (χ3n) is 4.20. The van der Waals surface area contributed by atoms with E-state index in [1.165, 1.54) is 6.07 Å². The van der Waals surface area contributed by atoms with Crippen LogP contribution in [0.5, 0.6) is 17.2 Å². The maximum absolute atomic E-state index is 14.9. The Hall–Kier alpha value is -3.15. The smallest absolute Gasteiger partial charge is 0.387 e. The van der Waals surface area contributed by atoms with Gasteiger partial charge in [-0.3, -0.25) is 0 Å². The van der Waals surface area contributed by atoms with Crippen molar-refractivity contribution in [3.8, 4) is 28.4 Å². The number of hydrogen-bond donors (Lipinski definition) is 0. The number of allylic oxidation sites excluding steroid dienone is 1. The second-order valence-corrected chi connectivity index (χ2v) is 5.94. The Kier molecular flexibility index (Phi) is 6.09. The van der Waals surface area contributed by atoms with E-state index >= 15 is 0 Å². The zero-order valence-electron chi connectivity index (χ0n) is 15.4. The minimum absolute atomic E-state index is 0.0441. The van der Waals surface area contributed by atoms with Crippen molar-refractivity contribution in [3.63, 3.8) is 0 Å². The van der Waals surface area contributed by atoms with Crippen molar-refractivity contribution in [2.24, 2.45) is 0 Å². The molecule has 0 fully saturated rings. The highest BCUT2D eigenvalue weighted by Crippen LogP contribution is 2.39. The van der Waals surface area contributed by atoms with Gasteiger partial charge in [0.1, 0.15) is 12.4 Å². The van der Waals surface area contributed by atoms with E-state index in [9.17, 15) is 13.2 Å². The van der Waals surface area contributed by atoms with Crippen molar-refractivity contribution in [1.82, 2.24) is 0 Å². The van der Waals surface area contributed by atoms with Gasteiger partial charge in [0.15, 0.2) is 17.3 Å². The standard InChI is InChI=1S/C22H19F3O3/c1-3-4-11-27-21-19(28-22(24)25)13-16-12-15(7-10-18(16)20(21)23)14-5-8-17(26-2)9-6-14/h3-10,12-13,22H,11H2,1-2H3. The van der Waals surface area contributed by atoms with Gasteiger partial charge in [-0.05, 0) is 47.7 Å². The first kappa shape index (κ1) is 19.6. The average Bonchev–Trinajstić information content (AvgIpc) is 2.69. The fourth-order valence-electron chi connectivity index (χ4n) is 2.83. The van der Waals surface area contributed by atoms with E-state index in [2.05, 4.69) is 4.74 Å². The molecule has 0 spiro atoms. The number of ether oxygens (including phenoxy) is 3. The molecule has 0 atom stereocenters. The molecule has 0 heterocycles. The van der Waals surface area contributed by atoms with Crippen LogP contribution in [0.15, 0.2) is 60.7 Å². The van der Waals surface area contributed by atoms with E-state index in [0.717, 1.165) is 11.1 Å². The van der Waals surface area contributed by atoms with Crippen molar-refractivity contribution in [3.05, 3.63) is 66.5 Å². The lowest BCUT2D eigenvalue weighted by Gasteiger charge is -2.15. The van der Waals surface area contributed by atoms with Crippen LogP contribution in [0.3, 0.4) is 0 Å². The highest BCUT2D eigenvalue weighted by Gasteiger charge is 2.19. The second kappa shape index (κ2) is 8.69. The number of benzene rings is 3. The first-order chi connectivity index (χ1) is 13.5. The quantitative estimate of drug-likeness (QED) is 0.450. The summed E-state index contributed by atoms with van der Waals surface area (Å²) in [6, 6.07) is 13.8. The van der Waals surface area contributed by atoms with E-state index in [1.807, 2.05) is 24.3 Å². The Bertz CT molecular complexity index is 982. The van der Waals surface area contributed by atoms with E-state index in [1.54, 1.807) is 44.4 Å². The van der Waals surface area contributed by atoms with Gasteiger partial charge >= 0.3 is 6.61 Å². The van der Waals surface area contributed by atoms with Crippen LogP contribution in [0.25, 0.3) is 21.9 Å². The van der Waals surface area contributed by atoms with Crippen LogP contribution in [0.4, 0.5) is 13.2 Å². The fraction of sp³-hybridized carbons (Fsp3) is 0.182. The van der Waals surface area contributed by atoms with Crippen molar-refractivity contribution in [1.29, 1.82) is 0 Å². The lowest BCUT2D eigenvalue weighted by Crippen LogP contribution is -2.06. The predicted octanol–water partition coefficient (Wildman–Crippen LogP) is 6.21. The van der Waals surface area contributed by atoms with Crippen molar-refractivity contribution in [2.45, 2.75) is 13.5 Å². The van der Waals surface area contributed by atoms with Crippen LogP contribution in [-0.4, -0.2) is 20.3 Å². The molecule has 28 heavy (non-hydrogen) atoms. The van der Waals surface area contributed by atoms with Gasteiger partial charge in [0.25, 0.3) is 0 Å². The van der Waals surface area contributed by atoms with Crippen LogP contribution in [-0.2, 0) is 0 Å². The summed E-state index contributed by atoms with van der Waals surface area (Å²) in [7, 11) is 1.58. The van der Waals surface area contributed by atoms with Gasteiger partial charge in [-0.1, -0.05) is 36.4 Å². The fourth-order valence-corrected chi connectivity index (χ4v) is 2.83. The minimum Gasteiger partial charge on any atom is -0.497 e. The van der Waals surface area contributed by atoms with Gasteiger partial charge in [0.05, 0.1) is 7.11 Å². The maximum Gasteiger partial charge on any atom is 0.387 e. The Labute approximate surface area is 161 Å². The van der Waals surface area contributed by atoms with Crippen molar-refractivity contribution < 1.29 is 27.4 Å². The van der Waals surface area contributed by atoms with Gasteiger partial charge in [-0.2, -0.15) is 8.78 Å². The molecular formula is C22H19F3O3. The molecule has 3 aromatic carbocycles. The molecule has 0 saturated carbocycles. The second-order valence-electron chi connectivity index (χ2n) is 5.94. The van der Waals surface area contributed by atoms with E-state index in [0.29, 0.717) is 11.1 Å². The molecule has 0 aliphatic rings. The zero-order chi connectivity index (χ0) is 20.1. The molecule has 3 nitrogen and oxygen atoms in total. The molecule has 146 valence electrons. The summed E-state index contributed by atoms with van der Waals surface area (Å²) in [5.74, 6) is -0.690. The largest absolute Gasteiger partial charge is 0.497 e. The van der Waals surface area contributed by atoms with Gasteiger partial charge in [0.2, 0.25) is 0 Å². The number of methoxy groups -OCH3 is 1. The molecule has 0 aromatic heterocycles. The highest BCUT2D eigenvalue weighted by molar-refractivity contribution is 5.90. The molecule has 0 aliphatic carbocycles. The number of halogens is 3. The third-order valence-corrected chi connectivity index (χ3v) is 4.20. The van der Waals surface area contributed by atoms with Crippen molar-refractivity contribution >= 4 is 10.8 Å². The minimum atomic E-state index is -3.09. The van der Waals surface area contributed by atoms with E-state index in [-0.39, 0.29) is 23.5 Å². The lowest BCUT2D eigenvalue weighted by atomic mass is 10.0. The molecule has 0 aliphatic heterocycles. The molecule has 6 heteroatoms. The molecule has 0 N–H and O–H groups in total. The molecule has 3 aromatic rings. The van der Waals surface area contributed by atoms with Gasteiger partial charge in [-0.25, -0.2) is 4.39 Å². The lowest BCUT2D eigenvalue weighted by molar-refractivity contribution is -0.0515. The Morgan fingerprint density at radius 3 is 2.36 bits per heavy atom. The Balaban J connectivity index is 2.07. The summed E-state index contributed by atoms with van der Waals surface area (Å²) in [5, 5.41) is 0.689. The molecule has 3 rings (SSSR count). The maximum atomic E-state index is 14.9. The highest BCUT2D eigenvalue weighted by atomic mass is 19.3. The molecule has 0 bridgehead atoms. The van der Waals surface area contributed by atoms with Crippen LogP contribution in [0.2, 0.25) is 0 Å². The molecular weight excluding hydrogens is 369 g/mol. The molecule has 0 radical (unpaired) electrons. The summed E-state index contributed by atoms with van der Waals surface area (Å²) in [6.45, 7) is -1.27. The first-order valence-corrected chi connectivity index (χ1v) is 8.63. The Morgan fingerprint density at radius 1 is 1.00 bits per heavy atom. The van der Waals surface area contributed by atoms with Crippen molar-refractivity contribution in [2.75, 3.05) is 13.7 Å². The number of fused-ring (bicyclic) bond motifs is 1. The summed E-state index contributed by atoms with van der Waals surface area (Å²) in [5.41, 5.74) is 1.69. The summed E-state index contributed by atoms with van der Waals surface area (Å²) < 4.78 is 55.5. The topological polar surface area (TPSA) is 27.7 Å². The molecule has 0 saturated heterocycles. The molecule has 0 amide bonds. The normalized spacial score (nSPS) is 11.4. The van der Waals surface area contributed by atoms with Crippen LogP contribution >= 0.6 is 0 Å². The van der Waals surface area contributed by atoms with Crippen LogP contribution in [0.1, 0.15) is 6.92 Å². The van der Waals surface area contributed by atoms with Gasteiger partial charge < -0.3 is 14.2 Å². The number of rotatable bonds is 7.